The number of rotatable bonds is 4. The molecule has 0 N–H and O–H groups in total. The summed E-state index contributed by atoms with van der Waals surface area (Å²) in [5, 5.41) is 0. The standard InChI is InChI=1S/C17H24/c1-5-13-7-9-15(11-13)17(3,4)16-10-8-14(6-2)12-16/h7-12,15-16H,5-6H2,1-4H3. The van der Waals surface area contributed by atoms with Crippen molar-refractivity contribution in [2.45, 2.75) is 40.5 Å². The fourth-order valence-electron chi connectivity index (χ4n) is 2.76. The molecular formula is C17H24. The van der Waals surface area contributed by atoms with Crippen LogP contribution in [0.2, 0.25) is 0 Å². The molecule has 0 bridgehead atoms. The third kappa shape index (κ3) is 2.31. The van der Waals surface area contributed by atoms with Gasteiger partial charge in [-0.3, -0.25) is 0 Å². The zero-order valence-corrected chi connectivity index (χ0v) is 11.5. The van der Waals surface area contributed by atoms with E-state index in [-0.39, 0.29) is 0 Å². The summed E-state index contributed by atoms with van der Waals surface area (Å²) in [7, 11) is 0. The molecule has 0 aromatic carbocycles. The molecule has 0 heteroatoms. The lowest BCUT2D eigenvalue weighted by atomic mass is 9.70. The molecule has 2 aliphatic carbocycles. The Hall–Kier alpha value is -1.04. The molecule has 2 atom stereocenters. The van der Waals surface area contributed by atoms with Crippen LogP contribution in [0.5, 0.6) is 0 Å². The highest BCUT2D eigenvalue weighted by Gasteiger charge is 2.35. The Morgan fingerprint density at radius 3 is 1.59 bits per heavy atom. The minimum absolute atomic E-state index is 0.292. The van der Waals surface area contributed by atoms with Gasteiger partial charge in [0.25, 0.3) is 0 Å². The lowest BCUT2D eigenvalue weighted by molar-refractivity contribution is 0.252. The van der Waals surface area contributed by atoms with Crippen molar-refractivity contribution in [1.29, 1.82) is 0 Å². The van der Waals surface area contributed by atoms with Crippen molar-refractivity contribution in [1.82, 2.24) is 0 Å². The number of allylic oxidation sites excluding steroid dienone is 8. The average Bonchev–Trinajstić information content (AvgIpc) is 2.98. The van der Waals surface area contributed by atoms with E-state index in [0.29, 0.717) is 17.3 Å². The summed E-state index contributed by atoms with van der Waals surface area (Å²) < 4.78 is 0. The van der Waals surface area contributed by atoms with Gasteiger partial charge in [-0.15, -0.1) is 0 Å². The Labute approximate surface area is 106 Å². The molecule has 2 aliphatic rings. The van der Waals surface area contributed by atoms with Crippen LogP contribution in [0.15, 0.2) is 47.6 Å². The SMILES string of the molecule is CCC1=CC(C(C)(C)C2C=CC(CC)=C2)C=C1. The first-order valence-electron chi connectivity index (χ1n) is 6.85. The average molecular weight is 228 g/mol. The van der Waals surface area contributed by atoms with Crippen LogP contribution in [-0.2, 0) is 0 Å². The molecule has 0 saturated carbocycles. The smallest absolute Gasteiger partial charge is 0.00154 e. The Bertz CT molecular complexity index is 364. The predicted octanol–water partition coefficient (Wildman–Crippen LogP) is 5.06. The molecule has 92 valence electrons. The molecule has 2 rings (SSSR count). The van der Waals surface area contributed by atoms with Crippen molar-refractivity contribution in [3.8, 4) is 0 Å². The van der Waals surface area contributed by atoms with E-state index in [1.807, 2.05) is 0 Å². The van der Waals surface area contributed by atoms with Crippen LogP contribution in [-0.4, -0.2) is 0 Å². The van der Waals surface area contributed by atoms with E-state index in [1.165, 1.54) is 11.1 Å². The van der Waals surface area contributed by atoms with Gasteiger partial charge in [-0.25, -0.2) is 0 Å². The monoisotopic (exact) mass is 228 g/mol. The maximum Gasteiger partial charge on any atom is 0.00154 e. The van der Waals surface area contributed by atoms with E-state index in [0.717, 1.165) is 12.8 Å². The topological polar surface area (TPSA) is 0 Å². The van der Waals surface area contributed by atoms with Gasteiger partial charge in [0.2, 0.25) is 0 Å². The zero-order chi connectivity index (χ0) is 12.5. The van der Waals surface area contributed by atoms with E-state index < -0.39 is 0 Å². The van der Waals surface area contributed by atoms with E-state index >= 15 is 0 Å². The minimum Gasteiger partial charge on any atom is -0.0768 e. The molecule has 0 amide bonds. The van der Waals surface area contributed by atoms with Crippen LogP contribution in [0.3, 0.4) is 0 Å². The first kappa shape index (κ1) is 12.4. The summed E-state index contributed by atoms with van der Waals surface area (Å²) >= 11 is 0. The highest BCUT2D eigenvalue weighted by molar-refractivity contribution is 5.35. The first-order valence-corrected chi connectivity index (χ1v) is 6.85. The van der Waals surface area contributed by atoms with E-state index in [9.17, 15) is 0 Å². The van der Waals surface area contributed by atoms with Gasteiger partial charge in [0.15, 0.2) is 0 Å². The second-order valence-electron chi connectivity index (χ2n) is 5.78. The highest BCUT2D eigenvalue weighted by Crippen LogP contribution is 2.44. The molecule has 2 unspecified atom stereocenters. The molecule has 0 aromatic heterocycles. The largest absolute Gasteiger partial charge is 0.0768 e. The number of hydrogen-bond donors (Lipinski definition) is 0. The Morgan fingerprint density at radius 1 is 0.882 bits per heavy atom. The Balaban J connectivity index is 2.16. The maximum absolute atomic E-state index is 2.45. The van der Waals surface area contributed by atoms with Crippen LogP contribution < -0.4 is 0 Å². The Kier molecular flexibility index (Phi) is 3.42. The van der Waals surface area contributed by atoms with Crippen molar-refractivity contribution in [3.63, 3.8) is 0 Å². The minimum atomic E-state index is 0.292. The predicted molar refractivity (Wildman–Crippen MR) is 75.8 cm³/mol. The molecule has 0 saturated heterocycles. The van der Waals surface area contributed by atoms with Gasteiger partial charge in [0.05, 0.1) is 0 Å². The van der Waals surface area contributed by atoms with Crippen molar-refractivity contribution in [3.05, 3.63) is 47.6 Å². The summed E-state index contributed by atoms with van der Waals surface area (Å²) in [5.41, 5.74) is 3.27. The lowest BCUT2D eigenvalue weighted by Gasteiger charge is -2.34. The van der Waals surface area contributed by atoms with Gasteiger partial charge in [-0.05, 0) is 18.3 Å². The van der Waals surface area contributed by atoms with Gasteiger partial charge >= 0.3 is 0 Å². The quantitative estimate of drug-likeness (QED) is 0.631. The molecule has 0 nitrogen and oxygen atoms in total. The third-order valence-corrected chi connectivity index (χ3v) is 4.36. The van der Waals surface area contributed by atoms with Crippen molar-refractivity contribution in [2.75, 3.05) is 0 Å². The fraction of sp³-hybridized carbons (Fsp3) is 0.529. The van der Waals surface area contributed by atoms with Crippen molar-refractivity contribution in [2.24, 2.45) is 17.3 Å². The molecule has 17 heavy (non-hydrogen) atoms. The highest BCUT2D eigenvalue weighted by atomic mass is 14.4. The van der Waals surface area contributed by atoms with Gasteiger partial charge in [-0.2, -0.15) is 0 Å². The fourth-order valence-corrected chi connectivity index (χ4v) is 2.76. The second-order valence-corrected chi connectivity index (χ2v) is 5.78. The van der Waals surface area contributed by atoms with Crippen LogP contribution in [0, 0.1) is 17.3 Å². The van der Waals surface area contributed by atoms with E-state index in [2.05, 4.69) is 64.2 Å². The molecule has 0 heterocycles. The normalized spacial score (nSPS) is 27.5. The van der Waals surface area contributed by atoms with Crippen LogP contribution in [0.1, 0.15) is 40.5 Å². The van der Waals surface area contributed by atoms with Gasteiger partial charge in [0.1, 0.15) is 0 Å². The molecule has 0 radical (unpaired) electrons. The van der Waals surface area contributed by atoms with E-state index in [4.69, 9.17) is 0 Å². The molecule has 0 fully saturated rings. The first-order chi connectivity index (χ1) is 8.07. The van der Waals surface area contributed by atoms with Gasteiger partial charge in [-0.1, -0.05) is 75.3 Å². The molecule has 0 aromatic rings. The van der Waals surface area contributed by atoms with Crippen molar-refractivity contribution < 1.29 is 0 Å². The third-order valence-electron chi connectivity index (χ3n) is 4.36. The summed E-state index contributed by atoms with van der Waals surface area (Å²) in [6.07, 6.45) is 16.6. The number of hydrogen-bond acceptors (Lipinski definition) is 0. The van der Waals surface area contributed by atoms with Crippen LogP contribution >= 0.6 is 0 Å². The van der Waals surface area contributed by atoms with Gasteiger partial charge < -0.3 is 0 Å². The summed E-state index contributed by atoms with van der Waals surface area (Å²) in [6.45, 7) is 9.24. The van der Waals surface area contributed by atoms with Crippen LogP contribution in [0.4, 0.5) is 0 Å². The Morgan fingerprint density at radius 2 is 1.29 bits per heavy atom. The van der Waals surface area contributed by atoms with Crippen molar-refractivity contribution >= 4 is 0 Å². The molecule has 0 aliphatic heterocycles. The van der Waals surface area contributed by atoms with Crippen LogP contribution in [0.25, 0.3) is 0 Å². The summed E-state index contributed by atoms with van der Waals surface area (Å²) in [5.74, 6) is 1.17. The van der Waals surface area contributed by atoms with E-state index in [1.54, 1.807) is 0 Å². The lowest BCUT2D eigenvalue weighted by Crippen LogP contribution is -2.27. The molecule has 0 spiro atoms. The summed E-state index contributed by atoms with van der Waals surface area (Å²) in [6, 6.07) is 0. The molecular weight excluding hydrogens is 204 g/mol. The second kappa shape index (κ2) is 4.68. The zero-order valence-electron chi connectivity index (χ0n) is 11.5. The maximum atomic E-state index is 2.45. The van der Waals surface area contributed by atoms with Gasteiger partial charge in [0, 0.05) is 11.8 Å². The summed E-state index contributed by atoms with van der Waals surface area (Å²) in [4.78, 5) is 0.